The first-order valence-corrected chi connectivity index (χ1v) is 8.33. The Balaban J connectivity index is 1.60. The minimum absolute atomic E-state index is 0.0977. The molecule has 7 heteroatoms. The molecule has 1 amide bonds. The van der Waals surface area contributed by atoms with Crippen molar-refractivity contribution in [2.75, 3.05) is 20.8 Å². The molecule has 140 valence electrons. The average molecular weight is 370 g/mol. The molecule has 0 saturated carbocycles. The number of amides is 1. The summed E-state index contributed by atoms with van der Waals surface area (Å²) < 4.78 is 29.3. The number of aromatic nitrogens is 1. The quantitative estimate of drug-likeness (QED) is 0.689. The summed E-state index contributed by atoms with van der Waals surface area (Å²) in [5.41, 5.74) is 1.34. The molecule has 0 bridgehead atoms. The maximum Gasteiger partial charge on any atom is 0.273 e. The summed E-state index contributed by atoms with van der Waals surface area (Å²) in [5, 5.41) is 6.48. The summed E-state index contributed by atoms with van der Waals surface area (Å²) >= 11 is 0. The molecule has 1 heterocycles. The minimum Gasteiger partial charge on any atom is -0.493 e. The Bertz CT molecular complexity index is 939. The lowest BCUT2D eigenvalue weighted by atomic mass is 10.1. The lowest BCUT2D eigenvalue weighted by Gasteiger charge is -2.09. The summed E-state index contributed by atoms with van der Waals surface area (Å²) in [4.78, 5) is 12.2. The van der Waals surface area contributed by atoms with Gasteiger partial charge in [-0.15, -0.1) is 0 Å². The van der Waals surface area contributed by atoms with Gasteiger partial charge in [-0.25, -0.2) is 4.39 Å². The second-order valence-electron chi connectivity index (χ2n) is 5.75. The van der Waals surface area contributed by atoms with Gasteiger partial charge < -0.3 is 19.3 Å². The third-order valence-electron chi connectivity index (χ3n) is 4.03. The molecule has 0 saturated heterocycles. The monoisotopic (exact) mass is 370 g/mol. The number of nitrogens with zero attached hydrogens (tertiary/aromatic N) is 1. The average Bonchev–Trinajstić information content (AvgIpc) is 3.18. The zero-order chi connectivity index (χ0) is 19.2. The zero-order valence-electron chi connectivity index (χ0n) is 15.0. The van der Waals surface area contributed by atoms with Gasteiger partial charge in [-0.1, -0.05) is 23.4 Å². The van der Waals surface area contributed by atoms with E-state index in [-0.39, 0.29) is 22.9 Å². The van der Waals surface area contributed by atoms with Crippen molar-refractivity contribution in [1.29, 1.82) is 0 Å². The first-order chi connectivity index (χ1) is 13.1. The van der Waals surface area contributed by atoms with E-state index in [2.05, 4.69) is 10.5 Å². The largest absolute Gasteiger partial charge is 0.493 e. The standard InChI is InChI=1S/C20H19FN2O4/c1-25-17-8-7-13(11-19(17)26-2)9-10-22-20(24)16-12-18(27-23-16)14-5-3-4-6-15(14)21/h3-8,11-12H,9-10H2,1-2H3,(H,22,24). The number of halogens is 1. The van der Waals surface area contributed by atoms with Crippen LogP contribution in [-0.2, 0) is 6.42 Å². The van der Waals surface area contributed by atoms with Gasteiger partial charge in [-0.2, -0.15) is 0 Å². The molecule has 0 spiro atoms. The molecule has 1 aromatic heterocycles. The van der Waals surface area contributed by atoms with Crippen LogP contribution in [0.4, 0.5) is 4.39 Å². The van der Waals surface area contributed by atoms with Gasteiger partial charge in [0.25, 0.3) is 5.91 Å². The Labute approximate surface area is 155 Å². The molecular weight excluding hydrogens is 351 g/mol. The summed E-state index contributed by atoms with van der Waals surface area (Å²) in [6.45, 7) is 0.399. The third kappa shape index (κ3) is 4.25. The highest BCUT2D eigenvalue weighted by Crippen LogP contribution is 2.27. The van der Waals surface area contributed by atoms with Crippen molar-refractivity contribution >= 4 is 5.91 Å². The van der Waals surface area contributed by atoms with Crippen LogP contribution in [0, 0.1) is 5.82 Å². The highest BCUT2D eigenvalue weighted by molar-refractivity contribution is 5.93. The number of benzene rings is 2. The second-order valence-corrected chi connectivity index (χ2v) is 5.75. The van der Waals surface area contributed by atoms with E-state index in [0.717, 1.165) is 5.56 Å². The fourth-order valence-electron chi connectivity index (χ4n) is 2.62. The first kappa shape index (κ1) is 18.4. The van der Waals surface area contributed by atoms with Crippen LogP contribution in [0.25, 0.3) is 11.3 Å². The molecule has 1 N–H and O–H groups in total. The zero-order valence-corrected chi connectivity index (χ0v) is 15.0. The lowest BCUT2D eigenvalue weighted by molar-refractivity contribution is 0.0945. The Kier molecular flexibility index (Phi) is 5.71. The molecule has 2 aromatic carbocycles. The highest BCUT2D eigenvalue weighted by atomic mass is 19.1. The van der Waals surface area contributed by atoms with Crippen LogP contribution in [0.15, 0.2) is 53.1 Å². The Hall–Kier alpha value is -3.35. The predicted octanol–water partition coefficient (Wildman–Crippen LogP) is 3.47. The van der Waals surface area contributed by atoms with Crippen molar-refractivity contribution in [3.05, 3.63) is 65.6 Å². The van der Waals surface area contributed by atoms with Gasteiger partial charge in [0.1, 0.15) is 5.82 Å². The Morgan fingerprint density at radius 2 is 1.89 bits per heavy atom. The molecule has 6 nitrogen and oxygen atoms in total. The van der Waals surface area contributed by atoms with Crippen molar-refractivity contribution in [2.24, 2.45) is 0 Å². The van der Waals surface area contributed by atoms with Gasteiger partial charge in [0, 0.05) is 12.6 Å². The maximum atomic E-state index is 13.8. The van der Waals surface area contributed by atoms with Crippen LogP contribution in [0.1, 0.15) is 16.1 Å². The normalized spacial score (nSPS) is 10.5. The van der Waals surface area contributed by atoms with Gasteiger partial charge >= 0.3 is 0 Å². The summed E-state index contributed by atoms with van der Waals surface area (Å²) in [5.74, 6) is 0.662. The van der Waals surface area contributed by atoms with E-state index in [1.807, 2.05) is 18.2 Å². The van der Waals surface area contributed by atoms with Gasteiger partial charge in [-0.05, 0) is 36.2 Å². The maximum absolute atomic E-state index is 13.8. The van der Waals surface area contributed by atoms with Crippen LogP contribution in [0.5, 0.6) is 11.5 Å². The molecule has 3 aromatic rings. The molecule has 0 aliphatic rings. The summed E-state index contributed by atoms with van der Waals surface area (Å²) in [7, 11) is 3.15. The van der Waals surface area contributed by atoms with Crippen LogP contribution in [-0.4, -0.2) is 31.8 Å². The van der Waals surface area contributed by atoms with Gasteiger partial charge in [0.05, 0.1) is 19.8 Å². The topological polar surface area (TPSA) is 73.6 Å². The number of nitrogens with one attached hydrogen (secondary N) is 1. The van der Waals surface area contributed by atoms with Crippen LogP contribution in [0.3, 0.4) is 0 Å². The molecule has 0 atom stereocenters. The number of hydrogen-bond acceptors (Lipinski definition) is 5. The highest BCUT2D eigenvalue weighted by Gasteiger charge is 2.15. The summed E-state index contributed by atoms with van der Waals surface area (Å²) in [6, 6.07) is 13.1. The molecule has 0 aliphatic heterocycles. The molecular formula is C20H19FN2O4. The number of ether oxygens (including phenoxy) is 2. The van der Waals surface area contributed by atoms with Crippen LogP contribution >= 0.6 is 0 Å². The van der Waals surface area contributed by atoms with E-state index < -0.39 is 5.82 Å². The van der Waals surface area contributed by atoms with Crippen molar-refractivity contribution in [2.45, 2.75) is 6.42 Å². The van der Waals surface area contributed by atoms with E-state index in [0.29, 0.717) is 24.5 Å². The lowest BCUT2D eigenvalue weighted by Crippen LogP contribution is -2.25. The number of rotatable bonds is 7. The molecule has 27 heavy (non-hydrogen) atoms. The number of methoxy groups -OCH3 is 2. The fraction of sp³-hybridized carbons (Fsp3) is 0.200. The van der Waals surface area contributed by atoms with Crippen LogP contribution in [0.2, 0.25) is 0 Å². The fourth-order valence-corrected chi connectivity index (χ4v) is 2.62. The van der Waals surface area contributed by atoms with E-state index in [1.165, 1.54) is 12.1 Å². The molecule has 0 fully saturated rings. The molecule has 0 unspecified atom stereocenters. The van der Waals surface area contributed by atoms with E-state index >= 15 is 0 Å². The third-order valence-corrected chi connectivity index (χ3v) is 4.03. The van der Waals surface area contributed by atoms with E-state index in [1.54, 1.807) is 32.4 Å². The Morgan fingerprint density at radius 3 is 2.63 bits per heavy atom. The van der Waals surface area contributed by atoms with E-state index in [9.17, 15) is 9.18 Å². The number of hydrogen-bond donors (Lipinski definition) is 1. The predicted molar refractivity (Wildman–Crippen MR) is 97.5 cm³/mol. The van der Waals surface area contributed by atoms with Gasteiger partial charge in [0.2, 0.25) is 0 Å². The molecule has 0 aliphatic carbocycles. The minimum atomic E-state index is -0.436. The van der Waals surface area contributed by atoms with Crippen molar-refractivity contribution in [1.82, 2.24) is 10.5 Å². The van der Waals surface area contributed by atoms with Crippen LogP contribution < -0.4 is 14.8 Å². The smallest absolute Gasteiger partial charge is 0.273 e. The first-order valence-electron chi connectivity index (χ1n) is 8.33. The van der Waals surface area contributed by atoms with Gasteiger partial charge in [-0.3, -0.25) is 4.79 Å². The van der Waals surface area contributed by atoms with Crippen molar-refractivity contribution < 1.29 is 23.2 Å². The Morgan fingerprint density at radius 1 is 1.11 bits per heavy atom. The SMILES string of the molecule is COc1ccc(CCNC(=O)c2cc(-c3ccccc3F)on2)cc1OC. The summed E-state index contributed by atoms with van der Waals surface area (Å²) in [6.07, 6.45) is 0.601. The second kappa shape index (κ2) is 8.35. The molecule has 3 rings (SSSR count). The number of carbonyl (C=O) groups excluding carboxylic acids is 1. The number of carbonyl (C=O) groups is 1. The van der Waals surface area contributed by atoms with Gasteiger partial charge in [0.15, 0.2) is 23.0 Å². The molecule has 0 radical (unpaired) electrons. The van der Waals surface area contributed by atoms with E-state index in [4.69, 9.17) is 14.0 Å². The van der Waals surface area contributed by atoms with Crippen molar-refractivity contribution in [3.63, 3.8) is 0 Å². The van der Waals surface area contributed by atoms with Crippen molar-refractivity contribution in [3.8, 4) is 22.8 Å².